The third-order valence-corrected chi connectivity index (χ3v) is 9.05. The summed E-state index contributed by atoms with van der Waals surface area (Å²) >= 11 is 2.72. The van der Waals surface area contributed by atoms with Gasteiger partial charge in [-0.1, -0.05) is 54.2 Å². The van der Waals surface area contributed by atoms with Crippen molar-refractivity contribution in [3.05, 3.63) is 83.9 Å². The van der Waals surface area contributed by atoms with Gasteiger partial charge in [0.1, 0.15) is 4.21 Å². The predicted octanol–water partition coefficient (Wildman–Crippen LogP) is 6.29. The highest BCUT2D eigenvalue weighted by Gasteiger charge is 2.20. The highest BCUT2D eigenvalue weighted by molar-refractivity contribution is 7.99. The lowest BCUT2D eigenvalue weighted by atomic mass is 10.1. The molecule has 0 bridgehead atoms. The van der Waals surface area contributed by atoms with E-state index in [9.17, 15) is 8.42 Å². The topological polar surface area (TPSA) is 85.1 Å². The summed E-state index contributed by atoms with van der Waals surface area (Å²) in [6.07, 6.45) is 1.76. The second-order valence-electron chi connectivity index (χ2n) is 7.29. The summed E-state index contributed by atoms with van der Waals surface area (Å²) in [5.41, 5.74) is 8.52. The first-order chi connectivity index (χ1) is 15.4. The quantitative estimate of drug-likeness (QED) is 0.291. The molecule has 0 aliphatic carbocycles. The second kappa shape index (κ2) is 8.12. The third-order valence-electron chi connectivity index (χ3n) is 5.09. The van der Waals surface area contributed by atoms with Crippen LogP contribution in [0.25, 0.3) is 21.7 Å². The van der Waals surface area contributed by atoms with Gasteiger partial charge < -0.3 is 5.73 Å². The molecule has 0 unspecified atom stereocenters. The number of sulfonamides is 1. The van der Waals surface area contributed by atoms with Crippen molar-refractivity contribution in [3.8, 4) is 0 Å². The average Bonchev–Trinajstić information content (AvgIpc) is 3.24. The van der Waals surface area contributed by atoms with Gasteiger partial charge in [-0.2, -0.15) is 0 Å². The zero-order chi connectivity index (χ0) is 22.3. The lowest BCUT2D eigenvalue weighted by Crippen LogP contribution is -2.12. The van der Waals surface area contributed by atoms with Crippen LogP contribution >= 0.6 is 23.1 Å². The number of anilines is 2. The molecule has 2 aromatic heterocycles. The summed E-state index contributed by atoms with van der Waals surface area (Å²) < 4.78 is 29.1. The molecule has 0 saturated carbocycles. The van der Waals surface area contributed by atoms with E-state index in [0.717, 1.165) is 36.3 Å². The van der Waals surface area contributed by atoms with E-state index in [0.29, 0.717) is 11.4 Å². The maximum Gasteiger partial charge on any atom is 0.271 e. The Balaban J connectivity index is 1.64. The SMILES string of the molecule is Cc1ccc(S(=O)(=O)Nc2cc(Sc3cccc4cccnc34)c(N)c3ccccc23)s1. The van der Waals surface area contributed by atoms with Crippen molar-refractivity contribution >= 4 is 66.2 Å². The van der Waals surface area contributed by atoms with Crippen molar-refractivity contribution in [2.45, 2.75) is 20.9 Å². The molecule has 0 fully saturated rings. The zero-order valence-corrected chi connectivity index (χ0v) is 19.5. The van der Waals surface area contributed by atoms with Crippen LogP contribution in [-0.2, 0) is 10.0 Å². The Bertz CT molecular complexity index is 1570. The number of para-hydroxylation sites is 1. The van der Waals surface area contributed by atoms with Crippen LogP contribution in [0.5, 0.6) is 0 Å². The zero-order valence-electron chi connectivity index (χ0n) is 17.1. The largest absolute Gasteiger partial charge is 0.397 e. The predicted molar refractivity (Wildman–Crippen MR) is 134 cm³/mol. The van der Waals surface area contributed by atoms with Crippen molar-refractivity contribution in [3.63, 3.8) is 0 Å². The van der Waals surface area contributed by atoms with Gasteiger partial charge >= 0.3 is 0 Å². The fourth-order valence-electron chi connectivity index (χ4n) is 3.57. The maximum atomic E-state index is 13.0. The summed E-state index contributed by atoms with van der Waals surface area (Å²) in [5, 5.41) is 2.58. The van der Waals surface area contributed by atoms with Crippen molar-refractivity contribution in [2.75, 3.05) is 10.5 Å². The molecule has 0 amide bonds. The minimum Gasteiger partial charge on any atom is -0.397 e. The molecule has 0 aliphatic heterocycles. The average molecular weight is 478 g/mol. The highest BCUT2D eigenvalue weighted by atomic mass is 32.2. The second-order valence-corrected chi connectivity index (χ2v) is 11.6. The highest BCUT2D eigenvalue weighted by Crippen LogP contribution is 2.42. The van der Waals surface area contributed by atoms with E-state index >= 15 is 0 Å². The number of nitrogens with one attached hydrogen (secondary N) is 1. The van der Waals surface area contributed by atoms with Gasteiger partial charge in [0, 0.05) is 37.0 Å². The number of fused-ring (bicyclic) bond motifs is 2. The number of benzene rings is 3. The molecule has 5 rings (SSSR count). The molecular weight excluding hydrogens is 458 g/mol. The normalized spacial score (nSPS) is 11.8. The van der Waals surface area contributed by atoms with E-state index in [4.69, 9.17) is 5.73 Å². The lowest BCUT2D eigenvalue weighted by molar-refractivity contribution is 0.603. The standard InChI is InChI=1S/C24H19N3O2S3/c1-15-11-12-22(30-15)32(28,29)27-19-14-21(23(25)18-9-3-2-8-17(18)19)31-20-10-4-6-16-7-5-13-26-24(16)20/h2-14,27H,25H2,1H3. The molecule has 3 aromatic carbocycles. The minimum absolute atomic E-state index is 0.281. The third kappa shape index (κ3) is 3.81. The molecule has 0 radical (unpaired) electrons. The van der Waals surface area contributed by atoms with Crippen molar-refractivity contribution in [1.29, 1.82) is 0 Å². The first-order valence-corrected chi connectivity index (χ1v) is 13.0. The van der Waals surface area contributed by atoms with Gasteiger partial charge in [0.2, 0.25) is 0 Å². The summed E-state index contributed by atoms with van der Waals surface area (Å²) in [5.74, 6) is 0. The van der Waals surface area contributed by atoms with Crippen molar-refractivity contribution in [1.82, 2.24) is 4.98 Å². The number of rotatable bonds is 5. The number of hydrogen-bond acceptors (Lipinski definition) is 6. The molecule has 3 N–H and O–H groups in total. The fraction of sp³-hybridized carbons (Fsp3) is 0.0417. The van der Waals surface area contributed by atoms with Crippen LogP contribution in [0.3, 0.4) is 0 Å². The first kappa shape index (κ1) is 20.8. The van der Waals surface area contributed by atoms with Crippen LogP contribution in [0.4, 0.5) is 11.4 Å². The number of aromatic nitrogens is 1. The number of hydrogen-bond donors (Lipinski definition) is 2. The molecule has 0 atom stereocenters. The molecule has 160 valence electrons. The molecule has 0 aliphatic rings. The van der Waals surface area contributed by atoms with E-state index in [1.807, 2.05) is 67.6 Å². The Hall–Kier alpha value is -3.07. The van der Waals surface area contributed by atoms with Crippen LogP contribution in [-0.4, -0.2) is 13.4 Å². The Kier molecular flexibility index (Phi) is 5.28. The van der Waals surface area contributed by atoms with Crippen LogP contribution < -0.4 is 10.5 Å². The van der Waals surface area contributed by atoms with Gasteiger partial charge in [0.15, 0.2) is 0 Å². The Morgan fingerprint density at radius 3 is 2.50 bits per heavy atom. The minimum atomic E-state index is -3.71. The summed E-state index contributed by atoms with van der Waals surface area (Å²) in [6, 6.07) is 22.7. The van der Waals surface area contributed by atoms with Gasteiger partial charge in [0.05, 0.1) is 16.9 Å². The van der Waals surface area contributed by atoms with E-state index < -0.39 is 10.0 Å². The van der Waals surface area contributed by atoms with E-state index in [-0.39, 0.29) is 4.21 Å². The maximum absolute atomic E-state index is 13.0. The van der Waals surface area contributed by atoms with E-state index in [1.165, 1.54) is 23.1 Å². The van der Waals surface area contributed by atoms with E-state index in [2.05, 4.69) is 9.71 Å². The van der Waals surface area contributed by atoms with Crippen molar-refractivity contribution in [2.24, 2.45) is 0 Å². The molecule has 2 heterocycles. The van der Waals surface area contributed by atoms with Crippen LogP contribution in [0, 0.1) is 6.92 Å². The molecule has 8 heteroatoms. The number of nitrogens with two attached hydrogens (primary N) is 1. The molecular formula is C24H19N3O2S3. The summed E-state index contributed by atoms with van der Waals surface area (Å²) in [4.78, 5) is 7.18. The van der Waals surface area contributed by atoms with Gasteiger partial charge in [-0.25, -0.2) is 8.42 Å². The van der Waals surface area contributed by atoms with Crippen LogP contribution in [0.1, 0.15) is 4.88 Å². The molecule has 5 nitrogen and oxygen atoms in total. The molecule has 5 aromatic rings. The van der Waals surface area contributed by atoms with Gasteiger partial charge in [-0.05, 0) is 37.3 Å². The number of nitrogen functional groups attached to an aromatic ring is 1. The lowest BCUT2D eigenvalue weighted by Gasteiger charge is -2.15. The van der Waals surface area contributed by atoms with Crippen LogP contribution in [0.2, 0.25) is 0 Å². The number of pyridine rings is 1. The monoisotopic (exact) mass is 477 g/mol. The van der Waals surface area contributed by atoms with Crippen LogP contribution in [0.15, 0.2) is 93.0 Å². The van der Waals surface area contributed by atoms with Gasteiger partial charge in [-0.3, -0.25) is 9.71 Å². The summed E-state index contributed by atoms with van der Waals surface area (Å²) in [7, 11) is -3.71. The Morgan fingerprint density at radius 2 is 1.72 bits per heavy atom. The van der Waals surface area contributed by atoms with Crippen molar-refractivity contribution < 1.29 is 8.42 Å². The number of aryl methyl sites for hydroxylation is 1. The molecule has 0 saturated heterocycles. The first-order valence-electron chi connectivity index (χ1n) is 9.84. The van der Waals surface area contributed by atoms with E-state index in [1.54, 1.807) is 18.3 Å². The summed E-state index contributed by atoms with van der Waals surface area (Å²) in [6.45, 7) is 1.88. The van der Waals surface area contributed by atoms with Gasteiger partial charge in [-0.15, -0.1) is 11.3 Å². The van der Waals surface area contributed by atoms with Gasteiger partial charge in [0.25, 0.3) is 10.0 Å². The molecule has 0 spiro atoms. The number of nitrogens with zero attached hydrogens (tertiary/aromatic N) is 1. The molecule has 32 heavy (non-hydrogen) atoms. The fourth-order valence-corrected chi connectivity index (χ4v) is 6.97. The smallest absolute Gasteiger partial charge is 0.271 e. The Morgan fingerprint density at radius 1 is 0.938 bits per heavy atom. The number of thiophene rings is 1. The Labute approximate surface area is 194 Å².